The molecule has 14 heteroatoms. The number of rotatable bonds is 6. The van der Waals surface area contributed by atoms with E-state index in [9.17, 15) is 8.42 Å². The normalized spacial score (nSPS) is 18.3. The highest BCUT2D eigenvalue weighted by atomic mass is 35.5. The Morgan fingerprint density at radius 1 is 1.06 bits per heavy atom. The van der Waals surface area contributed by atoms with Crippen molar-refractivity contribution >= 4 is 33.1 Å². The van der Waals surface area contributed by atoms with Crippen LogP contribution in [0.15, 0.2) is 18.6 Å². The van der Waals surface area contributed by atoms with E-state index in [1.54, 1.807) is 12.4 Å². The van der Waals surface area contributed by atoms with Crippen LogP contribution in [0.2, 0.25) is 5.15 Å². The van der Waals surface area contributed by atoms with Crippen LogP contribution in [-0.4, -0.2) is 108 Å². The Morgan fingerprint density at radius 3 is 2.37 bits per heavy atom. The van der Waals surface area contributed by atoms with E-state index in [-0.39, 0.29) is 6.01 Å². The number of anilines is 1. The number of halogens is 1. The van der Waals surface area contributed by atoms with E-state index in [0.717, 1.165) is 11.5 Å². The summed E-state index contributed by atoms with van der Waals surface area (Å²) in [7, 11) is -1.66. The number of morpholine rings is 1. The Labute approximate surface area is 208 Å². The number of hydrogen-bond acceptors (Lipinski definition) is 10. The van der Waals surface area contributed by atoms with Crippen LogP contribution in [0.25, 0.3) is 16.9 Å². The van der Waals surface area contributed by atoms with Gasteiger partial charge in [-0.25, -0.2) is 28.4 Å². The lowest BCUT2D eigenvalue weighted by atomic mass is 10.2. The molecule has 0 radical (unpaired) electrons. The molecule has 0 amide bonds. The second kappa shape index (κ2) is 9.82. The van der Waals surface area contributed by atoms with E-state index in [0.29, 0.717) is 81.1 Å². The third-order valence-corrected chi connectivity index (χ3v) is 7.83. The van der Waals surface area contributed by atoms with Crippen LogP contribution in [0.3, 0.4) is 0 Å². The van der Waals surface area contributed by atoms with E-state index in [2.05, 4.69) is 19.8 Å². The van der Waals surface area contributed by atoms with E-state index >= 15 is 0 Å². The number of fused-ring (bicyclic) bond motifs is 1. The lowest BCUT2D eigenvalue weighted by Crippen LogP contribution is -2.47. The number of methoxy groups -OCH3 is 1. The highest BCUT2D eigenvalue weighted by Gasteiger charge is 2.26. The van der Waals surface area contributed by atoms with Crippen LogP contribution in [0, 0.1) is 0 Å². The first-order valence-electron chi connectivity index (χ1n) is 11.3. The minimum absolute atomic E-state index is 0.264. The molecule has 0 aliphatic carbocycles. The molecule has 2 aliphatic rings. The predicted octanol–water partition coefficient (Wildman–Crippen LogP) is 0.762. The van der Waals surface area contributed by atoms with Gasteiger partial charge < -0.3 is 14.4 Å². The van der Waals surface area contributed by atoms with Crippen LogP contribution in [0.4, 0.5) is 5.82 Å². The summed E-state index contributed by atoms with van der Waals surface area (Å²) in [6, 6.07) is 0.264. The van der Waals surface area contributed by atoms with Crippen LogP contribution in [0.5, 0.6) is 6.01 Å². The summed E-state index contributed by atoms with van der Waals surface area (Å²) in [5.41, 5.74) is 2.72. The molecule has 12 nitrogen and oxygen atoms in total. The fourth-order valence-corrected chi connectivity index (χ4v) is 5.40. The van der Waals surface area contributed by atoms with Crippen molar-refractivity contribution in [2.24, 2.45) is 0 Å². The summed E-state index contributed by atoms with van der Waals surface area (Å²) >= 11 is 6.83. The highest BCUT2D eigenvalue weighted by Crippen LogP contribution is 2.32. The second-order valence-corrected chi connectivity index (χ2v) is 10.8. The lowest BCUT2D eigenvalue weighted by molar-refractivity contribution is 0.122. The van der Waals surface area contributed by atoms with Gasteiger partial charge in [-0.15, -0.1) is 0 Å². The Kier molecular flexibility index (Phi) is 6.77. The van der Waals surface area contributed by atoms with Gasteiger partial charge in [0, 0.05) is 70.0 Å². The first-order valence-corrected chi connectivity index (χ1v) is 13.5. The van der Waals surface area contributed by atoms with Gasteiger partial charge in [-0.2, -0.15) is 4.31 Å². The fraction of sp³-hybridized carbons (Fsp3) is 0.524. The van der Waals surface area contributed by atoms with Gasteiger partial charge in [-0.05, 0) is 0 Å². The molecule has 35 heavy (non-hydrogen) atoms. The number of imidazole rings is 1. The summed E-state index contributed by atoms with van der Waals surface area (Å²) in [5, 5.41) is 0.409. The topological polar surface area (TPSA) is 118 Å². The molecule has 0 saturated carbocycles. The molecule has 2 aliphatic heterocycles. The van der Waals surface area contributed by atoms with Crippen molar-refractivity contribution in [1.82, 2.24) is 33.5 Å². The van der Waals surface area contributed by atoms with E-state index in [1.807, 2.05) is 10.6 Å². The maximum absolute atomic E-state index is 11.8. The van der Waals surface area contributed by atoms with Crippen molar-refractivity contribution in [3.63, 3.8) is 0 Å². The predicted molar refractivity (Wildman–Crippen MR) is 130 cm³/mol. The molecule has 0 N–H and O–H groups in total. The van der Waals surface area contributed by atoms with Crippen LogP contribution >= 0.6 is 11.6 Å². The minimum Gasteiger partial charge on any atom is -0.467 e. The van der Waals surface area contributed by atoms with Gasteiger partial charge in [0.15, 0.2) is 11.5 Å². The van der Waals surface area contributed by atoms with Gasteiger partial charge >= 0.3 is 6.01 Å². The summed E-state index contributed by atoms with van der Waals surface area (Å²) in [4.78, 5) is 22.5. The monoisotopic (exact) mass is 522 g/mol. The number of aromatic nitrogens is 5. The standard InChI is InChI=1S/C21H27ClN8O4S/c1-33-21-23-11-15(12-24-21)17-18(22)30-14-16(13-27-3-5-29(6-4-27)35(2,31)32)25-20(30)19(26-17)28-7-9-34-10-8-28/h11-12,14H,3-10,13H2,1-2H3. The molecular weight excluding hydrogens is 496 g/mol. The lowest BCUT2D eigenvalue weighted by Gasteiger charge is -2.32. The SMILES string of the molecule is COc1ncc(-c2nc(N3CCOCC3)c3nc(CN4CCN(S(C)(=O)=O)CC4)cn3c2Cl)cn1. The molecule has 0 atom stereocenters. The molecule has 0 spiro atoms. The van der Waals surface area contributed by atoms with Crippen molar-refractivity contribution in [1.29, 1.82) is 0 Å². The van der Waals surface area contributed by atoms with Crippen molar-refractivity contribution in [2.75, 3.05) is 70.7 Å². The Balaban J connectivity index is 1.49. The molecule has 5 heterocycles. The van der Waals surface area contributed by atoms with Gasteiger partial charge in [0.1, 0.15) is 10.8 Å². The highest BCUT2D eigenvalue weighted by molar-refractivity contribution is 7.88. The summed E-state index contributed by atoms with van der Waals surface area (Å²) < 4.78 is 37.6. The summed E-state index contributed by atoms with van der Waals surface area (Å²) in [5.74, 6) is 0.719. The minimum atomic E-state index is -3.17. The van der Waals surface area contributed by atoms with E-state index < -0.39 is 10.0 Å². The van der Waals surface area contributed by atoms with Crippen LogP contribution in [0.1, 0.15) is 5.69 Å². The van der Waals surface area contributed by atoms with E-state index in [1.165, 1.54) is 17.7 Å². The largest absolute Gasteiger partial charge is 0.467 e. The van der Waals surface area contributed by atoms with Crippen molar-refractivity contribution < 1.29 is 17.9 Å². The summed E-state index contributed by atoms with van der Waals surface area (Å²) in [6.07, 6.45) is 6.43. The average molecular weight is 523 g/mol. The number of ether oxygens (including phenoxy) is 2. The zero-order valence-electron chi connectivity index (χ0n) is 19.6. The molecule has 0 aromatic carbocycles. The molecule has 2 saturated heterocycles. The molecule has 3 aromatic rings. The first kappa shape index (κ1) is 24.1. The third-order valence-electron chi connectivity index (χ3n) is 6.16. The van der Waals surface area contributed by atoms with Gasteiger partial charge in [0.05, 0.1) is 32.3 Å². The molecule has 5 rings (SSSR count). The van der Waals surface area contributed by atoms with Gasteiger partial charge in [0.2, 0.25) is 10.0 Å². The van der Waals surface area contributed by atoms with Crippen molar-refractivity contribution in [3.05, 3.63) is 29.4 Å². The maximum Gasteiger partial charge on any atom is 0.316 e. The Hall–Kier alpha value is -2.58. The van der Waals surface area contributed by atoms with Gasteiger partial charge in [-0.3, -0.25) is 9.30 Å². The molecule has 2 fully saturated rings. The molecule has 0 unspecified atom stereocenters. The Bertz CT molecular complexity index is 1300. The van der Waals surface area contributed by atoms with Crippen molar-refractivity contribution in [3.8, 4) is 17.3 Å². The first-order chi connectivity index (χ1) is 16.8. The van der Waals surface area contributed by atoms with Gasteiger partial charge in [0.25, 0.3) is 0 Å². The number of piperazine rings is 1. The van der Waals surface area contributed by atoms with Crippen LogP contribution in [-0.2, 0) is 21.3 Å². The number of sulfonamides is 1. The number of hydrogen-bond donors (Lipinski definition) is 0. The van der Waals surface area contributed by atoms with Gasteiger partial charge in [-0.1, -0.05) is 11.6 Å². The molecule has 188 valence electrons. The zero-order valence-corrected chi connectivity index (χ0v) is 21.2. The van der Waals surface area contributed by atoms with Crippen molar-refractivity contribution in [2.45, 2.75) is 6.54 Å². The quantitative estimate of drug-likeness (QED) is 0.459. The smallest absolute Gasteiger partial charge is 0.316 e. The third kappa shape index (κ3) is 5.05. The second-order valence-electron chi connectivity index (χ2n) is 8.50. The molecular formula is C21H27ClN8O4S. The fourth-order valence-electron chi connectivity index (χ4n) is 4.29. The average Bonchev–Trinajstić information content (AvgIpc) is 3.29. The van der Waals surface area contributed by atoms with E-state index in [4.69, 9.17) is 31.0 Å². The number of nitrogens with zero attached hydrogens (tertiary/aromatic N) is 8. The van der Waals surface area contributed by atoms with Crippen LogP contribution < -0.4 is 9.64 Å². The Morgan fingerprint density at radius 2 is 1.74 bits per heavy atom. The maximum atomic E-state index is 11.8. The zero-order chi connectivity index (χ0) is 24.6. The molecule has 3 aromatic heterocycles. The molecule has 0 bridgehead atoms. The summed E-state index contributed by atoms with van der Waals surface area (Å²) in [6.45, 7) is 5.39.